The van der Waals surface area contributed by atoms with E-state index in [4.69, 9.17) is 0 Å². The van der Waals surface area contributed by atoms with E-state index in [0.29, 0.717) is 43.7 Å². The number of likely N-dealkylation sites (tertiary alicyclic amines) is 1. The van der Waals surface area contributed by atoms with Gasteiger partial charge in [-0.3, -0.25) is 9.59 Å². The largest absolute Gasteiger partial charge is 0.349 e. The molecule has 31 heavy (non-hydrogen) atoms. The average molecular weight is 482 g/mol. The topological polar surface area (TPSA) is 95.6 Å². The summed E-state index contributed by atoms with van der Waals surface area (Å²) in [6.45, 7) is 0.965. The minimum atomic E-state index is -3.79. The number of rotatable bonds is 9. The normalized spacial score (nSPS) is 16.1. The molecule has 1 unspecified atom stereocenters. The van der Waals surface area contributed by atoms with Gasteiger partial charge in [0.25, 0.3) is 5.91 Å². The molecule has 2 aromatic rings. The molecule has 7 nitrogen and oxygen atoms in total. The Bertz CT molecular complexity index is 957. The third-order valence-electron chi connectivity index (χ3n) is 5.18. The number of carbonyl (C=O) groups is 2. The molecule has 1 aromatic heterocycles. The van der Waals surface area contributed by atoms with Crippen LogP contribution in [0.25, 0.3) is 0 Å². The second-order valence-electron chi connectivity index (χ2n) is 7.35. The molecule has 0 aliphatic carbocycles. The predicted molar refractivity (Wildman–Crippen MR) is 125 cm³/mol. The predicted octanol–water partition coefficient (Wildman–Crippen LogP) is 2.57. The monoisotopic (exact) mass is 481 g/mol. The second kappa shape index (κ2) is 11.1. The van der Waals surface area contributed by atoms with Crippen molar-refractivity contribution in [3.8, 4) is 0 Å². The van der Waals surface area contributed by atoms with E-state index in [0.717, 1.165) is 0 Å². The van der Waals surface area contributed by atoms with Crippen molar-refractivity contribution in [3.63, 3.8) is 0 Å². The van der Waals surface area contributed by atoms with E-state index in [1.165, 1.54) is 23.5 Å². The molecular formula is C21H27N3O4S3. The lowest BCUT2D eigenvalue weighted by molar-refractivity contribution is -0.134. The Labute approximate surface area is 191 Å². The highest BCUT2D eigenvalue weighted by molar-refractivity contribution is 7.98. The fraction of sp³-hybridized carbons (Fsp3) is 0.429. The van der Waals surface area contributed by atoms with Crippen LogP contribution in [-0.2, 0) is 14.8 Å². The quantitative estimate of drug-likeness (QED) is 0.574. The van der Waals surface area contributed by atoms with Crippen LogP contribution >= 0.6 is 23.1 Å². The van der Waals surface area contributed by atoms with Crippen molar-refractivity contribution in [3.05, 3.63) is 52.7 Å². The smallest absolute Gasteiger partial charge is 0.252 e. The first-order chi connectivity index (χ1) is 14.9. The highest BCUT2D eigenvalue weighted by Gasteiger charge is 2.31. The van der Waals surface area contributed by atoms with E-state index in [2.05, 4.69) is 10.0 Å². The molecule has 0 saturated carbocycles. The number of piperidine rings is 1. The van der Waals surface area contributed by atoms with Crippen LogP contribution in [0.3, 0.4) is 0 Å². The molecule has 1 atom stereocenters. The zero-order valence-corrected chi connectivity index (χ0v) is 19.8. The summed E-state index contributed by atoms with van der Waals surface area (Å²) in [6, 6.07) is 9.06. The fourth-order valence-corrected chi connectivity index (χ4v) is 5.80. The summed E-state index contributed by atoms with van der Waals surface area (Å²) in [7, 11) is -3.79. The number of thiophene rings is 1. The molecule has 2 amide bonds. The number of hydrogen-bond acceptors (Lipinski definition) is 6. The third-order valence-corrected chi connectivity index (χ3v) is 8.00. The third kappa shape index (κ3) is 6.55. The molecule has 10 heteroatoms. The van der Waals surface area contributed by atoms with Crippen LogP contribution in [0.5, 0.6) is 0 Å². The van der Waals surface area contributed by atoms with Gasteiger partial charge in [0.2, 0.25) is 15.9 Å². The van der Waals surface area contributed by atoms with Gasteiger partial charge in [0.1, 0.15) is 6.04 Å². The molecular weight excluding hydrogens is 454 g/mol. The van der Waals surface area contributed by atoms with Crippen molar-refractivity contribution in [1.29, 1.82) is 0 Å². The summed E-state index contributed by atoms with van der Waals surface area (Å²) >= 11 is 3.04. The SMILES string of the molecule is CSCCC(NS(=O)(=O)c1ccccc1)C(=O)N1CCC(NC(=O)c2ccsc2)CC1. The van der Waals surface area contributed by atoms with Crippen LogP contribution in [0.4, 0.5) is 0 Å². The van der Waals surface area contributed by atoms with E-state index in [-0.39, 0.29) is 22.8 Å². The van der Waals surface area contributed by atoms with Crippen LogP contribution in [0.1, 0.15) is 29.6 Å². The maximum Gasteiger partial charge on any atom is 0.252 e. The molecule has 2 heterocycles. The lowest BCUT2D eigenvalue weighted by atomic mass is 10.0. The number of benzene rings is 1. The zero-order valence-electron chi connectivity index (χ0n) is 17.3. The van der Waals surface area contributed by atoms with E-state index in [1.54, 1.807) is 40.9 Å². The first-order valence-corrected chi connectivity index (χ1v) is 13.9. The van der Waals surface area contributed by atoms with Crippen molar-refractivity contribution in [2.45, 2.75) is 36.2 Å². The first kappa shape index (κ1) is 23.8. The number of carbonyl (C=O) groups excluding carboxylic acids is 2. The lowest BCUT2D eigenvalue weighted by Crippen LogP contribution is -2.53. The van der Waals surface area contributed by atoms with Crippen molar-refractivity contribution in [1.82, 2.24) is 14.9 Å². The molecule has 1 aromatic carbocycles. The van der Waals surface area contributed by atoms with Gasteiger partial charge >= 0.3 is 0 Å². The molecule has 3 rings (SSSR count). The number of sulfonamides is 1. The second-order valence-corrected chi connectivity index (χ2v) is 10.8. The van der Waals surface area contributed by atoms with Gasteiger partial charge in [-0.15, -0.1) is 0 Å². The number of nitrogens with zero attached hydrogens (tertiary/aromatic N) is 1. The van der Waals surface area contributed by atoms with E-state index in [1.807, 2.05) is 17.0 Å². The van der Waals surface area contributed by atoms with Crippen molar-refractivity contribution < 1.29 is 18.0 Å². The lowest BCUT2D eigenvalue weighted by Gasteiger charge is -2.34. The molecule has 168 valence electrons. The molecule has 1 aliphatic rings. The molecule has 0 bridgehead atoms. The highest BCUT2D eigenvalue weighted by Crippen LogP contribution is 2.17. The fourth-order valence-electron chi connectivity index (χ4n) is 3.45. The number of nitrogens with one attached hydrogen (secondary N) is 2. The Hall–Kier alpha value is -1.88. The summed E-state index contributed by atoms with van der Waals surface area (Å²) in [5.41, 5.74) is 0.649. The van der Waals surface area contributed by atoms with Gasteiger partial charge in [0.15, 0.2) is 0 Å². The van der Waals surface area contributed by atoms with E-state index in [9.17, 15) is 18.0 Å². The first-order valence-electron chi connectivity index (χ1n) is 10.1. The standard InChI is InChI=1S/C21H27N3O4S3/c1-29-13-10-19(23-31(27,28)18-5-3-2-4-6-18)21(26)24-11-7-17(8-12-24)22-20(25)16-9-14-30-15-16/h2-6,9,14-15,17,19,23H,7-8,10-13H2,1H3,(H,22,25). The maximum atomic E-state index is 13.1. The molecule has 1 aliphatic heterocycles. The van der Waals surface area contributed by atoms with Crippen LogP contribution in [-0.4, -0.2) is 62.3 Å². The van der Waals surface area contributed by atoms with Crippen molar-refractivity contribution in [2.24, 2.45) is 0 Å². The van der Waals surface area contributed by atoms with Crippen molar-refractivity contribution in [2.75, 3.05) is 25.1 Å². The summed E-state index contributed by atoms with van der Waals surface area (Å²) in [5, 5.41) is 6.69. The number of amides is 2. The van der Waals surface area contributed by atoms with Gasteiger partial charge in [-0.2, -0.15) is 27.8 Å². The van der Waals surface area contributed by atoms with Gasteiger partial charge in [0, 0.05) is 30.1 Å². The van der Waals surface area contributed by atoms with Gasteiger partial charge in [0.05, 0.1) is 4.90 Å². The van der Waals surface area contributed by atoms with Gasteiger partial charge in [-0.05, 0) is 54.9 Å². The Morgan fingerprint density at radius 3 is 2.52 bits per heavy atom. The summed E-state index contributed by atoms with van der Waals surface area (Å²) < 4.78 is 28.1. The summed E-state index contributed by atoms with van der Waals surface area (Å²) in [5.74, 6) is 0.358. The van der Waals surface area contributed by atoms with E-state index < -0.39 is 16.1 Å². The molecule has 1 fully saturated rings. The molecule has 2 N–H and O–H groups in total. The molecule has 1 saturated heterocycles. The van der Waals surface area contributed by atoms with Crippen LogP contribution in [0.15, 0.2) is 52.1 Å². The minimum Gasteiger partial charge on any atom is -0.349 e. The Kier molecular flexibility index (Phi) is 8.53. The van der Waals surface area contributed by atoms with Gasteiger partial charge in [-0.25, -0.2) is 8.42 Å². The summed E-state index contributed by atoms with van der Waals surface area (Å²) in [6.07, 6.45) is 3.63. The van der Waals surface area contributed by atoms with E-state index >= 15 is 0 Å². The number of thioether (sulfide) groups is 1. The van der Waals surface area contributed by atoms with Gasteiger partial charge in [-0.1, -0.05) is 18.2 Å². The average Bonchev–Trinajstić information content (AvgIpc) is 3.32. The highest BCUT2D eigenvalue weighted by atomic mass is 32.2. The Morgan fingerprint density at radius 2 is 1.90 bits per heavy atom. The maximum absolute atomic E-state index is 13.1. The zero-order chi connectivity index (χ0) is 22.3. The minimum absolute atomic E-state index is 0.00195. The molecule has 0 radical (unpaired) electrons. The summed E-state index contributed by atoms with van der Waals surface area (Å²) in [4.78, 5) is 27.2. The van der Waals surface area contributed by atoms with Crippen molar-refractivity contribution >= 4 is 44.9 Å². The number of hydrogen-bond donors (Lipinski definition) is 2. The molecule has 0 spiro atoms. The Balaban J connectivity index is 1.59. The van der Waals surface area contributed by atoms with Gasteiger partial charge < -0.3 is 10.2 Å². The van der Waals surface area contributed by atoms with Crippen LogP contribution in [0, 0.1) is 0 Å². The van der Waals surface area contributed by atoms with Crippen LogP contribution < -0.4 is 10.0 Å². The van der Waals surface area contributed by atoms with Crippen LogP contribution in [0.2, 0.25) is 0 Å². The Morgan fingerprint density at radius 1 is 1.19 bits per heavy atom.